The van der Waals surface area contributed by atoms with E-state index in [1.807, 2.05) is 0 Å². The van der Waals surface area contributed by atoms with Gasteiger partial charge in [-0.1, -0.05) is 109 Å². The van der Waals surface area contributed by atoms with E-state index in [4.69, 9.17) is 0 Å². The highest BCUT2D eigenvalue weighted by Gasteiger charge is 2.43. The third kappa shape index (κ3) is 2.31. The van der Waals surface area contributed by atoms with Crippen LogP contribution in [0.25, 0.3) is 22.3 Å². The van der Waals surface area contributed by atoms with E-state index in [0.717, 1.165) is 6.42 Å². The van der Waals surface area contributed by atoms with Crippen LogP contribution in [0.5, 0.6) is 0 Å². The monoisotopic (exact) mass is 388 g/mol. The summed E-state index contributed by atoms with van der Waals surface area (Å²) in [4.78, 5) is 0. The lowest BCUT2D eigenvalue weighted by Crippen LogP contribution is -2.49. The molecule has 0 fully saturated rings. The van der Waals surface area contributed by atoms with Gasteiger partial charge in [-0.25, -0.2) is 0 Å². The summed E-state index contributed by atoms with van der Waals surface area (Å²) in [5.41, 5.74) is 12.4. The van der Waals surface area contributed by atoms with Crippen molar-refractivity contribution >= 4 is 13.3 Å². The van der Waals surface area contributed by atoms with E-state index in [2.05, 4.69) is 104 Å². The number of fused-ring (bicyclic) bond motifs is 6. The van der Waals surface area contributed by atoms with Crippen molar-refractivity contribution in [3.63, 3.8) is 0 Å². The highest BCUT2D eigenvalue weighted by Crippen LogP contribution is 2.49. The molecule has 4 aromatic carbocycles. The molecular formula is C28H24Si. The molecule has 0 radical (unpaired) electrons. The molecule has 6 rings (SSSR count). The fourth-order valence-corrected chi connectivity index (χ4v) is 9.75. The molecule has 29 heavy (non-hydrogen) atoms. The lowest BCUT2D eigenvalue weighted by Gasteiger charge is -2.33. The minimum Gasteiger partial charge on any atom is -0.0647 e. The third-order valence-electron chi connectivity index (χ3n) is 7.10. The van der Waals surface area contributed by atoms with Crippen molar-refractivity contribution in [3.05, 3.63) is 113 Å². The van der Waals surface area contributed by atoms with Gasteiger partial charge in [0.25, 0.3) is 0 Å². The minimum absolute atomic E-state index is 0.505. The fraction of sp³-hybridized carbons (Fsp3) is 0.143. The topological polar surface area (TPSA) is 0 Å². The Bertz CT molecular complexity index is 1220. The number of benzene rings is 4. The van der Waals surface area contributed by atoms with Crippen molar-refractivity contribution in [3.8, 4) is 22.3 Å². The molecule has 0 aliphatic heterocycles. The Morgan fingerprint density at radius 1 is 0.586 bits per heavy atom. The molecule has 0 N–H and O–H groups in total. The Hall–Kier alpha value is -2.90. The Balaban J connectivity index is 1.57. The maximum atomic E-state index is 2.58. The molecule has 0 heterocycles. The maximum Gasteiger partial charge on any atom is 0.0931 e. The van der Waals surface area contributed by atoms with E-state index >= 15 is 0 Å². The first kappa shape index (κ1) is 17.0. The summed E-state index contributed by atoms with van der Waals surface area (Å²) in [6, 6.07) is 34.1. The van der Waals surface area contributed by atoms with Crippen molar-refractivity contribution in [2.45, 2.75) is 25.1 Å². The predicted octanol–water partition coefficient (Wildman–Crippen LogP) is 6.52. The van der Waals surface area contributed by atoms with Gasteiger partial charge in [0.2, 0.25) is 0 Å². The third-order valence-corrected chi connectivity index (χ3v) is 11.0. The van der Waals surface area contributed by atoms with E-state index in [0.29, 0.717) is 5.54 Å². The predicted molar refractivity (Wildman–Crippen MR) is 126 cm³/mol. The van der Waals surface area contributed by atoms with E-state index in [-0.39, 0.29) is 0 Å². The molecule has 0 amide bonds. The van der Waals surface area contributed by atoms with Crippen LogP contribution in [0, 0.1) is 0 Å². The molecule has 1 heteroatoms. The van der Waals surface area contributed by atoms with Crippen molar-refractivity contribution in [2.24, 2.45) is 0 Å². The maximum absolute atomic E-state index is 2.58. The quantitative estimate of drug-likeness (QED) is 0.302. The summed E-state index contributed by atoms with van der Waals surface area (Å²) in [6.45, 7) is 5.16. The summed E-state index contributed by atoms with van der Waals surface area (Å²) in [6.07, 6.45) is 1.08. The summed E-state index contributed by atoms with van der Waals surface area (Å²) in [5.74, 6) is 0. The van der Waals surface area contributed by atoms with Crippen molar-refractivity contribution in [1.82, 2.24) is 0 Å². The van der Waals surface area contributed by atoms with Crippen LogP contribution < -0.4 is 5.19 Å². The Morgan fingerprint density at radius 3 is 1.83 bits per heavy atom. The zero-order valence-corrected chi connectivity index (χ0v) is 17.9. The van der Waals surface area contributed by atoms with E-state index < -0.39 is 8.07 Å². The Kier molecular flexibility index (Phi) is 3.54. The molecule has 4 aromatic rings. The average molecular weight is 389 g/mol. The molecule has 0 saturated heterocycles. The lowest BCUT2D eigenvalue weighted by atomic mass is 10.1. The van der Waals surface area contributed by atoms with Gasteiger partial charge in [0, 0.05) is 5.54 Å². The van der Waals surface area contributed by atoms with Gasteiger partial charge < -0.3 is 0 Å². The second-order valence-electron chi connectivity index (χ2n) is 8.99. The zero-order valence-electron chi connectivity index (χ0n) is 16.9. The lowest BCUT2D eigenvalue weighted by molar-refractivity contribution is 1.13. The van der Waals surface area contributed by atoms with Gasteiger partial charge in [-0.3, -0.25) is 0 Å². The summed E-state index contributed by atoms with van der Waals surface area (Å²) in [7, 11) is -1.84. The number of rotatable bonds is 2. The molecule has 140 valence electrons. The first-order valence-corrected chi connectivity index (χ1v) is 13.6. The molecule has 0 aromatic heterocycles. The molecule has 0 saturated carbocycles. The van der Waals surface area contributed by atoms with Crippen molar-refractivity contribution in [2.75, 3.05) is 0 Å². The normalized spacial score (nSPS) is 14.3. The van der Waals surface area contributed by atoms with Crippen LogP contribution in [0.2, 0.25) is 13.1 Å². The summed E-state index contributed by atoms with van der Waals surface area (Å²) in [5, 5.41) is 1.63. The number of hydrogen-bond donors (Lipinski definition) is 0. The molecule has 0 bridgehead atoms. The van der Waals surface area contributed by atoms with Gasteiger partial charge in [0.1, 0.15) is 0 Å². The molecule has 0 unspecified atom stereocenters. The van der Waals surface area contributed by atoms with Gasteiger partial charge >= 0.3 is 0 Å². The first-order chi connectivity index (χ1) is 14.2. The summed E-state index contributed by atoms with van der Waals surface area (Å²) >= 11 is 0. The molecule has 2 aliphatic rings. The minimum atomic E-state index is -1.84. The fourth-order valence-electron chi connectivity index (χ4n) is 5.85. The van der Waals surface area contributed by atoms with Gasteiger partial charge in [-0.15, -0.1) is 0 Å². The van der Waals surface area contributed by atoms with Crippen molar-refractivity contribution in [1.29, 1.82) is 0 Å². The zero-order chi connectivity index (χ0) is 19.6. The van der Waals surface area contributed by atoms with E-state index in [1.165, 1.54) is 38.9 Å². The van der Waals surface area contributed by atoms with Gasteiger partial charge in [-0.2, -0.15) is 0 Å². The van der Waals surface area contributed by atoms with Gasteiger partial charge in [-0.05, 0) is 50.9 Å². The molecule has 0 nitrogen and oxygen atoms in total. The van der Waals surface area contributed by atoms with Crippen LogP contribution in [0.1, 0.15) is 27.8 Å². The molecular weight excluding hydrogens is 364 g/mol. The molecule has 2 aliphatic carbocycles. The standard InChI is InChI=1S/C28H24Si/c1-29(2,27-17-9-16-21-20-11-4-3-10-19(20)18-26(21)27)28-24-14-7-5-12-22(24)23-13-6-8-15-25(23)28/h3-17,28H,18H2,1-2H3. The van der Waals surface area contributed by atoms with Crippen LogP contribution in [-0.2, 0) is 6.42 Å². The smallest absolute Gasteiger partial charge is 0.0647 e. The van der Waals surface area contributed by atoms with Gasteiger partial charge in [0.15, 0.2) is 0 Å². The van der Waals surface area contributed by atoms with Crippen LogP contribution in [0.3, 0.4) is 0 Å². The van der Waals surface area contributed by atoms with Crippen LogP contribution in [0.4, 0.5) is 0 Å². The average Bonchev–Trinajstić information content (AvgIpc) is 3.30. The molecule has 0 atom stereocenters. The first-order valence-electron chi connectivity index (χ1n) is 10.5. The highest BCUT2D eigenvalue weighted by atomic mass is 28.3. The second kappa shape index (κ2) is 6.05. The van der Waals surface area contributed by atoms with E-state index in [9.17, 15) is 0 Å². The van der Waals surface area contributed by atoms with E-state index in [1.54, 1.807) is 10.8 Å². The second-order valence-corrected chi connectivity index (χ2v) is 13.6. The van der Waals surface area contributed by atoms with Crippen LogP contribution in [-0.4, -0.2) is 8.07 Å². The van der Waals surface area contributed by atoms with Gasteiger partial charge in [0.05, 0.1) is 8.07 Å². The largest absolute Gasteiger partial charge is 0.0931 e. The number of hydrogen-bond acceptors (Lipinski definition) is 0. The van der Waals surface area contributed by atoms with Crippen LogP contribution >= 0.6 is 0 Å². The Labute approximate surface area is 173 Å². The highest BCUT2D eigenvalue weighted by molar-refractivity contribution is 6.92. The SMILES string of the molecule is C[Si](C)(c1cccc2c1Cc1ccccc1-2)C1c2ccccc2-c2ccccc21. The van der Waals surface area contributed by atoms with Crippen LogP contribution in [0.15, 0.2) is 91.0 Å². The Morgan fingerprint density at radius 2 is 1.14 bits per heavy atom. The van der Waals surface area contributed by atoms with Crippen molar-refractivity contribution < 1.29 is 0 Å². The molecule has 0 spiro atoms. The summed E-state index contributed by atoms with van der Waals surface area (Å²) < 4.78 is 0.